The molecule has 0 spiro atoms. The quantitative estimate of drug-likeness (QED) is 0.0346. The second-order valence-electron chi connectivity index (χ2n) is 18.3. The lowest BCUT2D eigenvalue weighted by Gasteiger charge is -2.18. The van der Waals surface area contributed by atoms with Crippen LogP contribution in [0.5, 0.6) is 0 Å². The summed E-state index contributed by atoms with van der Waals surface area (Å²) in [5.41, 5.74) is 0. The van der Waals surface area contributed by atoms with Gasteiger partial charge >= 0.3 is 17.9 Å². The van der Waals surface area contributed by atoms with Gasteiger partial charge in [0.15, 0.2) is 6.10 Å². The van der Waals surface area contributed by atoms with Crippen LogP contribution < -0.4 is 0 Å². The third kappa shape index (κ3) is 45.5. The maximum atomic E-state index is 12.8. The van der Waals surface area contributed by atoms with Crippen LogP contribution in [0.25, 0.3) is 0 Å². The molecular formula is C52H100O6. The van der Waals surface area contributed by atoms with Gasteiger partial charge in [0.1, 0.15) is 13.2 Å². The Labute approximate surface area is 361 Å². The summed E-state index contributed by atoms with van der Waals surface area (Å²) in [5.74, 6) is -0.0147. The van der Waals surface area contributed by atoms with Crippen molar-refractivity contribution >= 4 is 17.9 Å². The molecule has 0 aliphatic heterocycles. The van der Waals surface area contributed by atoms with Crippen molar-refractivity contribution in [3.05, 3.63) is 0 Å². The molecule has 344 valence electrons. The first-order valence-corrected chi connectivity index (χ1v) is 25.9. The van der Waals surface area contributed by atoms with Gasteiger partial charge in [-0.05, 0) is 25.2 Å². The highest BCUT2D eigenvalue weighted by atomic mass is 16.6. The van der Waals surface area contributed by atoms with Gasteiger partial charge < -0.3 is 14.2 Å². The predicted molar refractivity (Wildman–Crippen MR) is 247 cm³/mol. The molecule has 0 aliphatic carbocycles. The number of hydrogen-bond donors (Lipinski definition) is 0. The maximum Gasteiger partial charge on any atom is 0.306 e. The summed E-state index contributed by atoms with van der Waals surface area (Å²) in [6, 6.07) is 0. The maximum absolute atomic E-state index is 12.8. The van der Waals surface area contributed by atoms with E-state index in [9.17, 15) is 14.4 Å². The highest BCUT2D eigenvalue weighted by molar-refractivity contribution is 5.71. The van der Waals surface area contributed by atoms with Gasteiger partial charge in [0.05, 0.1) is 0 Å². The minimum Gasteiger partial charge on any atom is -0.462 e. The Bertz CT molecular complexity index is 872. The Hall–Kier alpha value is -1.59. The number of unbranched alkanes of at least 4 members (excludes halogenated alkanes) is 34. The molecule has 58 heavy (non-hydrogen) atoms. The van der Waals surface area contributed by atoms with E-state index in [1.54, 1.807) is 0 Å². The highest BCUT2D eigenvalue weighted by Crippen LogP contribution is 2.17. The largest absolute Gasteiger partial charge is 0.462 e. The lowest BCUT2D eigenvalue weighted by Crippen LogP contribution is -2.30. The third-order valence-corrected chi connectivity index (χ3v) is 11.8. The van der Waals surface area contributed by atoms with Crippen molar-refractivity contribution in [3.63, 3.8) is 0 Å². The molecular weight excluding hydrogens is 721 g/mol. The van der Waals surface area contributed by atoms with Crippen molar-refractivity contribution in [2.75, 3.05) is 13.2 Å². The molecule has 0 aromatic carbocycles. The topological polar surface area (TPSA) is 78.9 Å². The molecule has 0 aromatic heterocycles. The van der Waals surface area contributed by atoms with E-state index in [0.717, 1.165) is 63.7 Å². The second kappa shape index (κ2) is 46.5. The van der Waals surface area contributed by atoms with Crippen LogP contribution in [-0.4, -0.2) is 37.2 Å². The summed E-state index contributed by atoms with van der Waals surface area (Å²) in [4.78, 5) is 37.9. The zero-order valence-electron chi connectivity index (χ0n) is 39.5. The summed E-state index contributed by atoms with van der Waals surface area (Å²) < 4.78 is 16.8. The molecule has 0 unspecified atom stereocenters. The zero-order chi connectivity index (χ0) is 42.4. The molecule has 1 atom stereocenters. The van der Waals surface area contributed by atoms with Crippen LogP contribution in [0.15, 0.2) is 0 Å². The molecule has 0 bridgehead atoms. The van der Waals surface area contributed by atoms with Crippen molar-refractivity contribution in [1.29, 1.82) is 0 Å². The lowest BCUT2D eigenvalue weighted by atomic mass is 10.0. The van der Waals surface area contributed by atoms with Gasteiger partial charge in [-0.2, -0.15) is 0 Å². The normalized spacial score (nSPS) is 11.9. The van der Waals surface area contributed by atoms with E-state index in [4.69, 9.17) is 14.2 Å². The fraction of sp³-hybridized carbons (Fsp3) is 0.942. The number of esters is 3. The first-order chi connectivity index (χ1) is 28.4. The van der Waals surface area contributed by atoms with E-state index >= 15 is 0 Å². The van der Waals surface area contributed by atoms with Crippen LogP contribution in [0.4, 0.5) is 0 Å². The van der Waals surface area contributed by atoms with Crippen molar-refractivity contribution in [3.8, 4) is 0 Å². The summed E-state index contributed by atoms with van der Waals surface area (Å²) >= 11 is 0. The lowest BCUT2D eigenvalue weighted by molar-refractivity contribution is -0.167. The Morgan fingerprint density at radius 3 is 0.845 bits per heavy atom. The van der Waals surface area contributed by atoms with Crippen molar-refractivity contribution in [2.45, 2.75) is 297 Å². The molecule has 0 aromatic rings. The summed E-state index contributed by atoms with van der Waals surface area (Å²) in [6.07, 6.45) is 48.0. The third-order valence-electron chi connectivity index (χ3n) is 11.8. The van der Waals surface area contributed by atoms with Crippen LogP contribution in [0, 0.1) is 5.92 Å². The van der Waals surface area contributed by atoms with E-state index in [0.29, 0.717) is 19.3 Å². The van der Waals surface area contributed by atoms with Crippen molar-refractivity contribution < 1.29 is 28.6 Å². The minimum absolute atomic E-state index is 0.0628. The molecule has 6 nitrogen and oxygen atoms in total. The molecule has 0 saturated heterocycles. The van der Waals surface area contributed by atoms with Crippen LogP contribution in [0.1, 0.15) is 291 Å². The summed E-state index contributed by atoms with van der Waals surface area (Å²) in [6.45, 7) is 9.01. The number of rotatable bonds is 47. The Kier molecular flexibility index (Phi) is 45.2. The summed E-state index contributed by atoms with van der Waals surface area (Å²) in [7, 11) is 0. The van der Waals surface area contributed by atoms with E-state index in [1.165, 1.54) is 186 Å². The minimum atomic E-state index is -0.760. The van der Waals surface area contributed by atoms with Gasteiger partial charge in [-0.1, -0.05) is 252 Å². The molecule has 0 fully saturated rings. The molecule has 0 N–H and O–H groups in total. The average molecular weight is 821 g/mol. The van der Waals surface area contributed by atoms with Crippen LogP contribution in [-0.2, 0) is 28.6 Å². The van der Waals surface area contributed by atoms with Crippen LogP contribution >= 0.6 is 0 Å². The molecule has 6 heteroatoms. The predicted octanol–water partition coefficient (Wildman–Crippen LogP) is 16.7. The first kappa shape index (κ1) is 56.4. The molecule has 0 saturated carbocycles. The number of carbonyl (C=O) groups is 3. The zero-order valence-corrected chi connectivity index (χ0v) is 39.5. The number of hydrogen-bond acceptors (Lipinski definition) is 6. The average Bonchev–Trinajstić information content (AvgIpc) is 3.21. The van der Waals surface area contributed by atoms with Gasteiger partial charge in [0, 0.05) is 19.3 Å². The molecule has 0 amide bonds. The smallest absolute Gasteiger partial charge is 0.306 e. The summed E-state index contributed by atoms with van der Waals surface area (Å²) in [5, 5.41) is 0. The standard InChI is InChI=1S/C52H100O6/c1-5-7-9-11-13-15-16-17-18-19-20-24-28-32-36-40-44-51(54)57-47-49(46-56-50(53)43-39-35-31-26-14-12-10-8-6-2)58-52(55)45-41-37-33-29-25-22-21-23-27-30-34-38-42-48(3)4/h48-49H,5-47H2,1-4H3/t49-/m0/s1. The molecule has 0 heterocycles. The Balaban J connectivity index is 4.26. The van der Waals surface area contributed by atoms with Gasteiger partial charge in [-0.3, -0.25) is 14.4 Å². The fourth-order valence-electron chi connectivity index (χ4n) is 7.86. The molecule has 0 aliphatic rings. The van der Waals surface area contributed by atoms with Gasteiger partial charge in [0.25, 0.3) is 0 Å². The monoisotopic (exact) mass is 821 g/mol. The van der Waals surface area contributed by atoms with Gasteiger partial charge in [-0.25, -0.2) is 0 Å². The van der Waals surface area contributed by atoms with Crippen molar-refractivity contribution in [1.82, 2.24) is 0 Å². The van der Waals surface area contributed by atoms with Crippen LogP contribution in [0.2, 0.25) is 0 Å². The molecule has 0 radical (unpaired) electrons. The highest BCUT2D eigenvalue weighted by Gasteiger charge is 2.19. The van der Waals surface area contributed by atoms with Crippen molar-refractivity contribution in [2.24, 2.45) is 5.92 Å². The first-order valence-electron chi connectivity index (χ1n) is 25.9. The number of ether oxygens (including phenoxy) is 3. The molecule has 0 rings (SSSR count). The SMILES string of the molecule is CCCCCCCCCCCCCCCCCCC(=O)OC[C@H](COC(=O)CCCCCCCCCCC)OC(=O)CCCCCCCCCCCCCCC(C)C. The Morgan fingerprint density at radius 2 is 0.569 bits per heavy atom. The van der Waals surface area contributed by atoms with Gasteiger partial charge in [-0.15, -0.1) is 0 Å². The van der Waals surface area contributed by atoms with E-state index in [1.807, 2.05) is 0 Å². The van der Waals surface area contributed by atoms with E-state index < -0.39 is 6.10 Å². The fourth-order valence-corrected chi connectivity index (χ4v) is 7.86. The van der Waals surface area contributed by atoms with E-state index in [-0.39, 0.29) is 31.1 Å². The Morgan fingerprint density at radius 1 is 0.328 bits per heavy atom. The second-order valence-corrected chi connectivity index (χ2v) is 18.3. The number of carbonyl (C=O) groups excluding carboxylic acids is 3. The van der Waals surface area contributed by atoms with Gasteiger partial charge in [0.2, 0.25) is 0 Å². The van der Waals surface area contributed by atoms with Crippen LogP contribution in [0.3, 0.4) is 0 Å². The van der Waals surface area contributed by atoms with E-state index in [2.05, 4.69) is 27.7 Å².